The fourth-order valence-corrected chi connectivity index (χ4v) is 4.84. The molecular formula is C17H22OS. The van der Waals surface area contributed by atoms with Gasteiger partial charge in [-0.2, -0.15) is 0 Å². The summed E-state index contributed by atoms with van der Waals surface area (Å²) in [6, 6.07) is 8.73. The Morgan fingerprint density at radius 2 is 2.11 bits per heavy atom. The molecule has 102 valence electrons. The van der Waals surface area contributed by atoms with Gasteiger partial charge in [-0.25, -0.2) is 0 Å². The van der Waals surface area contributed by atoms with Gasteiger partial charge in [0.2, 0.25) is 0 Å². The third kappa shape index (κ3) is 2.74. The van der Waals surface area contributed by atoms with E-state index in [1.807, 2.05) is 11.8 Å². The van der Waals surface area contributed by atoms with E-state index in [9.17, 15) is 4.79 Å². The van der Waals surface area contributed by atoms with Crippen molar-refractivity contribution in [1.82, 2.24) is 0 Å². The number of carbonyl (C=O) groups is 1. The summed E-state index contributed by atoms with van der Waals surface area (Å²) in [7, 11) is 0. The van der Waals surface area contributed by atoms with Crippen LogP contribution in [0.3, 0.4) is 0 Å². The van der Waals surface area contributed by atoms with E-state index in [0.717, 1.165) is 31.6 Å². The van der Waals surface area contributed by atoms with Crippen LogP contribution >= 0.6 is 11.8 Å². The number of hydrogen-bond acceptors (Lipinski definition) is 2. The van der Waals surface area contributed by atoms with Gasteiger partial charge >= 0.3 is 0 Å². The van der Waals surface area contributed by atoms with Crippen LogP contribution in [0.5, 0.6) is 0 Å². The summed E-state index contributed by atoms with van der Waals surface area (Å²) in [5.74, 6) is 3.41. The van der Waals surface area contributed by atoms with E-state index >= 15 is 0 Å². The molecule has 1 nitrogen and oxygen atoms in total. The Morgan fingerprint density at radius 1 is 1.26 bits per heavy atom. The Morgan fingerprint density at radius 3 is 2.95 bits per heavy atom. The van der Waals surface area contributed by atoms with Crippen molar-refractivity contribution in [3.63, 3.8) is 0 Å². The lowest BCUT2D eigenvalue weighted by atomic mass is 9.75. The first-order chi connectivity index (χ1) is 9.28. The monoisotopic (exact) mass is 274 g/mol. The van der Waals surface area contributed by atoms with Crippen LogP contribution in [0.2, 0.25) is 0 Å². The van der Waals surface area contributed by atoms with Crippen LogP contribution in [0.25, 0.3) is 0 Å². The molecule has 1 heterocycles. The molecule has 2 aliphatic rings. The van der Waals surface area contributed by atoms with Crippen molar-refractivity contribution in [2.24, 2.45) is 11.8 Å². The molecule has 1 aliphatic carbocycles. The first-order valence-corrected chi connectivity index (χ1v) is 8.51. The van der Waals surface area contributed by atoms with Gasteiger partial charge in [0.25, 0.3) is 0 Å². The molecule has 0 saturated heterocycles. The molecule has 1 saturated carbocycles. The first-order valence-electron chi connectivity index (χ1n) is 7.52. The van der Waals surface area contributed by atoms with Crippen LogP contribution in [-0.2, 0) is 4.79 Å². The van der Waals surface area contributed by atoms with Gasteiger partial charge < -0.3 is 0 Å². The van der Waals surface area contributed by atoms with Crippen LogP contribution in [-0.4, -0.2) is 11.5 Å². The lowest BCUT2D eigenvalue weighted by Gasteiger charge is -2.29. The molecule has 3 rings (SSSR count). The summed E-state index contributed by atoms with van der Waals surface area (Å²) in [5.41, 5.74) is 1.49. The maximum atomic E-state index is 12.1. The molecule has 19 heavy (non-hydrogen) atoms. The highest BCUT2D eigenvalue weighted by atomic mass is 32.2. The van der Waals surface area contributed by atoms with E-state index in [1.54, 1.807) is 0 Å². The molecule has 0 N–H and O–H groups in total. The molecular weight excluding hydrogens is 252 g/mol. The number of Topliss-reactive ketones (excluding diaryl/α,β-unsaturated/α-hetero) is 1. The third-order valence-electron chi connectivity index (χ3n) is 4.82. The predicted octanol–water partition coefficient (Wildman–Crippen LogP) is 4.66. The molecule has 1 aliphatic heterocycles. The summed E-state index contributed by atoms with van der Waals surface area (Å²) >= 11 is 1.96. The third-order valence-corrected chi connectivity index (χ3v) is 6.07. The van der Waals surface area contributed by atoms with Gasteiger partial charge in [-0.1, -0.05) is 31.5 Å². The SMILES string of the molecule is CCC1CCC(=O)C(CC2CSc3ccccc32)C1. The maximum absolute atomic E-state index is 12.1. The van der Waals surface area contributed by atoms with E-state index < -0.39 is 0 Å². The molecule has 3 unspecified atom stereocenters. The predicted molar refractivity (Wildman–Crippen MR) is 80.7 cm³/mol. The minimum Gasteiger partial charge on any atom is -0.299 e. The summed E-state index contributed by atoms with van der Waals surface area (Å²) in [6.45, 7) is 2.26. The Balaban J connectivity index is 1.70. The van der Waals surface area contributed by atoms with E-state index in [2.05, 4.69) is 31.2 Å². The summed E-state index contributed by atoms with van der Waals surface area (Å²) in [4.78, 5) is 13.6. The molecule has 0 amide bonds. The number of carbonyl (C=O) groups excluding carboxylic acids is 1. The maximum Gasteiger partial charge on any atom is 0.136 e. The van der Waals surface area contributed by atoms with Gasteiger partial charge in [0.1, 0.15) is 5.78 Å². The second-order valence-electron chi connectivity index (χ2n) is 5.99. The molecule has 3 atom stereocenters. The van der Waals surface area contributed by atoms with Crippen molar-refractivity contribution < 1.29 is 4.79 Å². The Bertz CT molecular complexity index is 468. The van der Waals surface area contributed by atoms with Crippen molar-refractivity contribution in [2.75, 3.05) is 5.75 Å². The van der Waals surface area contributed by atoms with Crippen LogP contribution in [0.4, 0.5) is 0 Å². The lowest BCUT2D eigenvalue weighted by Crippen LogP contribution is -2.26. The first kappa shape index (κ1) is 13.2. The number of ketones is 1. The highest BCUT2D eigenvalue weighted by Crippen LogP contribution is 2.44. The normalized spacial score (nSPS) is 30.4. The second-order valence-corrected chi connectivity index (χ2v) is 7.06. The Hall–Kier alpha value is -0.760. The molecule has 1 aromatic carbocycles. The van der Waals surface area contributed by atoms with Crippen LogP contribution < -0.4 is 0 Å². The van der Waals surface area contributed by atoms with Crippen molar-refractivity contribution in [3.05, 3.63) is 29.8 Å². The average molecular weight is 274 g/mol. The van der Waals surface area contributed by atoms with E-state index in [-0.39, 0.29) is 0 Å². The van der Waals surface area contributed by atoms with Gasteiger partial charge in [-0.3, -0.25) is 4.79 Å². The molecule has 0 aromatic heterocycles. The van der Waals surface area contributed by atoms with E-state index in [4.69, 9.17) is 0 Å². The standard InChI is InChI=1S/C17H22OS/c1-2-12-7-8-16(18)13(9-12)10-14-11-19-17-6-4-3-5-15(14)17/h3-6,12-14H,2,7-11H2,1H3. The van der Waals surface area contributed by atoms with Gasteiger partial charge in [0.15, 0.2) is 0 Å². The van der Waals surface area contributed by atoms with Crippen LogP contribution in [0, 0.1) is 11.8 Å². The van der Waals surface area contributed by atoms with E-state index in [0.29, 0.717) is 17.6 Å². The van der Waals surface area contributed by atoms with Crippen molar-refractivity contribution in [2.45, 2.75) is 49.8 Å². The number of fused-ring (bicyclic) bond motifs is 1. The zero-order chi connectivity index (χ0) is 13.2. The zero-order valence-corrected chi connectivity index (χ0v) is 12.4. The highest BCUT2D eigenvalue weighted by Gasteiger charge is 2.32. The summed E-state index contributed by atoms with van der Waals surface area (Å²) in [5, 5.41) is 0. The number of benzene rings is 1. The number of hydrogen-bond donors (Lipinski definition) is 0. The number of rotatable bonds is 3. The lowest BCUT2D eigenvalue weighted by molar-refractivity contribution is -0.126. The smallest absolute Gasteiger partial charge is 0.136 e. The zero-order valence-electron chi connectivity index (χ0n) is 11.6. The van der Waals surface area contributed by atoms with Crippen molar-refractivity contribution in [1.29, 1.82) is 0 Å². The second kappa shape index (κ2) is 5.70. The van der Waals surface area contributed by atoms with Gasteiger partial charge in [-0.15, -0.1) is 11.8 Å². The van der Waals surface area contributed by atoms with Gasteiger partial charge in [-0.05, 0) is 42.7 Å². The molecule has 1 aromatic rings. The summed E-state index contributed by atoms with van der Waals surface area (Å²) < 4.78 is 0. The molecule has 0 radical (unpaired) electrons. The Labute approximate surface area is 120 Å². The minimum atomic E-state index is 0.329. The van der Waals surface area contributed by atoms with Gasteiger partial charge in [0.05, 0.1) is 0 Å². The average Bonchev–Trinajstić information content (AvgIpc) is 2.85. The fourth-order valence-electron chi connectivity index (χ4n) is 3.57. The summed E-state index contributed by atoms with van der Waals surface area (Å²) in [6.07, 6.45) is 5.41. The molecule has 0 bridgehead atoms. The van der Waals surface area contributed by atoms with Crippen molar-refractivity contribution in [3.8, 4) is 0 Å². The highest BCUT2D eigenvalue weighted by molar-refractivity contribution is 7.99. The van der Waals surface area contributed by atoms with E-state index in [1.165, 1.54) is 22.6 Å². The van der Waals surface area contributed by atoms with Gasteiger partial charge in [0, 0.05) is 23.0 Å². The fraction of sp³-hybridized carbons (Fsp3) is 0.588. The molecule has 0 spiro atoms. The molecule has 2 heteroatoms. The molecule has 1 fully saturated rings. The topological polar surface area (TPSA) is 17.1 Å². The van der Waals surface area contributed by atoms with Crippen molar-refractivity contribution >= 4 is 17.5 Å². The number of thioether (sulfide) groups is 1. The quantitative estimate of drug-likeness (QED) is 0.797. The van der Waals surface area contributed by atoms with Crippen LogP contribution in [0.1, 0.15) is 50.5 Å². The Kier molecular flexibility index (Phi) is 3.97. The minimum absolute atomic E-state index is 0.329. The van der Waals surface area contributed by atoms with Crippen LogP contribution in [0.15, 0.2) is 29.2 Å². The largest absolute Gasteiger partial charge is 0.299 e.